The quantitative estimate of drug-likeness (QED) is 0.565. The number of nitriles is 1. The van der Waals surface area contributed by atoms with Gasteiger partial charge in [0.25, 0.3) is 0 Å². The molecule has 0 spiro atoms. The van der Waals surface area contributed by atoms with Crippen molar-refractivity contribution in [2.45, 2.75) is 32.2 Å². The summed E-state index contributed by atoms with van der Waals surface area (Å²) in [5, 5.41) is 8.96. The molecule has 2 rings (SSSR count). The Morgan fingerprint density at radius 1 is 1.55 bits per heavy atom. The van der Waals surface area contributed by atoms with E-state index >= 15 is 0 Å². The first-order chi connectivity index (χ1) is 5.15. The van der Waals surface area contributed by atoms with Gasteiger partial charge < -0.3 is 5.73 Å². The molecule has 0 unspecified atom stereocenters. The van der Waals surface area contributed by atoms with Crippen molar-refractivity contribution in [2.24, 2.45) is 23.0 Å². The lowest BCUT2D eigenvalue weighted by molar-refractivity contribution is 0.238. The van der Waals surface area contributed by atoms with Gasteiger partial charge in [-0.2, -0.15) is 5.26 Å². The van der Waals surface area contributed by atoms with Gasteiger partial charge in [0.15, 0.2) is 0 Å². The van der Waals surface area contributed by atoms with Crippen LogP contribution >= 0.6 is 0 Å². The summed E-state index contributed by atoms with van der Waals surface area (Å²) in [6.07, 6.45) is 3.44. The maximum atomic E-state index is 8.96. The van der Waals surface area contributed by atoms with Crippen molar-refractivity contribution >= 4 is 0 Å². The standard InChI is InChI=1S/C9H14N2/c1-9(5-10)4-6-2-7(9)8(11)3-6/h6-8H,2-4,11H2,1H3/t6-,7-,8+,9+/m1/s1. The molecule has 60 valence electrons. The number of rotatable bonds is 0. The van der Waals surface area contributed by atoms with E-state index in [4.69, 9.17) is 11.0 Å². The minimum absolute atomic E-state index is 0.0949. The molecule has 2 bridgehead atoms. The summed E-state index contributed by atoms with van der Waals surface area (Å²) >= 11 is 0. The van der Waals surface area contributed by atoms with Crippen molar-refractivity contribution in [3.05, 3.63) is 0 Å². The predicted octanol–water partition coefficient (Wildman–Crippen LogP) is 1.27. The Morgan fingerprint density at radius 3 is 2.64 bits per heavy atom. The van der Waals surface area contributed by atoms with Gasteiger partial charge >= 0.3 is 0 Å². The fourth-order valence-electron chi connectivity index (χ4n) is 2.96. The van der Waals surface area contributed by atoms with E-state index in [0.29, 0.717) is 12.0 Å². The molecular weight excluding hydrogens is 136 g/mol. The van der Waals surface area contributed by atoms with Crippen LogP contribution in [0.5, 0.6) is 0 Å². The van der Waals surface area contributed by atoms with Gasteiger partial charge in [0.05, 0.1) is 11.5 Å². The second kappa shape index (κ2) is 1.98. The Hall–Kier alpha value is -0.550. The zero-order chi connectivity index (χ0) is 8.06. The molecule has 2 aliphatic rings. The smallest absolute Gasteiger partial charge is 0.0690 e. The Kier molecular flexibility index (Phi) is 1.28. The number of hydrogen-bond donors (Lipinski definition) is 1. The van der Waals surface area contributed by atoms with Crippen LogP contribution in [0.15, 0.2) is 0 Å². The van der Waals surface area contributed by atoms with Crippen LogP contribution in [-0.4, -0.2) is 6.04 Å². The van der Waals surface area contributed by atoms with Gasteiger partial charge in [-0.05, 0) is 38.0 Å². The minimum Gasteiger partial charge on any atom is -0.327 e. The van der Waals surface area contributed by atoms with E-state index < -0.39 is 0 Å². The highest BCUT2D eigenvalue weighted by Gasteiger charge is 2.52. The third-order valence-corrected chi connectivity index (χ3v) is 3.50. The van der Waals surface area contributed by atoms with Crippen LogP contribution in [0.2, 0.25) is 0 Å². The zero-order valence-corrected chi connectivity index (χ0v) is 6.88. The molecule has 0 aromatic rings. The van der Waals surface area contributed by atoms with Crippen molar-refractivity contribution < 1.29 is 0 Å². The fraction of sp³-hybridized carbons (Fsp3) is 0.889. The van der Waals surface area contributed by atoms with E-state index in [1.807, 2.05) is 0 Å². The van der Waals surface area contributed by atoms with Crippen molar-refractivity contribution in [3.63, 3.8) is 0 Å². The number of nitrogens with two attached hydrogens (primary N) is 1. The Labute approximate surface area is 67.4 Å². The SMILES string of the molecule is C[C@@]1(C#N)C[C@@H]2C[C@@H]1[C@@H](N)C2. The summed E-state index contributed by atoms with van der Waals surface area (Å²) in [5.41, 5.74) is 5.83. The van der Waals surface area contributed by atoms with Gasteiger partial charge in [-0.1, -0.05) is 0 Å². The third-order valence-electron chi connectivity index (χ3n) is 3.50. The van der Waals surface area contributed by atoms with Crippen molar-refractivity contribution in [2.75, 3.05) is 0 Å². The second-order valence-electron chi connectivity index (χ2n) is 4.34. The van der Waals surface area contributed by atoms with E-state index in [1.54, 1.807) is 0 Å². The van der Waals surface area contributed by atoms with E-state index in [0.717, 1.165) is 18.8 Å². The molecular formula is C9H14N2. The van der Waals surface area contributed by atoms with Crippen LogP contribution in [0.1, 0.15) is 26.2 Å². The van der Waals surface area contributed by atoms with Gasteiger partial charge in [0, 0.05) is 6.04 Å². The normalized spacial score (nSPS) is 54.5. The predicted molar refractivity (Wildman–Crippen MR) is 42.5 cm³/mol. The second-order valence-corrected chi connectivity index (χ2v) is 4.34. The van der Waals surface area contributed by atoms with Crippen molar-refractivity contribution in [1.29, 1.82) is 5.26 Å². The molecule has 0 saturated heterocycles. The molecule has 0 radical (unpaired) electrons. The Morgan fingerprint density at radius 2 is 2.27 bits per heavy atom. The molecule has 2 nitrogen and oxygen atoms in total. The summed E-state index contributed by atoms with van der Waals surface area (Å²) in [6.45, 7) is 2.07. The monoisotopic (exact) mass is 150 g/mol. The highest BCUT2D eigenvalue weighted by molar-refractivity contribution is 5.12. The lowest BCUT2D eigenvalue weighted by atomic mass is 9.74. The maximum absolute atomic E-state index is 8.96. The van der Waals surface area contributed by atoms with Crippen molar-refractivity contribution in [3.8, 4) is 6.07 Å². The van der Waals surface area contributed by atoms with Crippen LogP contribution in [-0.2, 0) is 0 Å². The summed E-state index contributed by atoms with van der Waals surface area (Å²) in [6, 6.07) is 2.73. The van der Waals surface area contributed by atoms with E-state index in [-0.39, 0.29) is 5.41 Å². The highest BCUT2D eigenvalue weighted by atomic mass is 14.7. The molecule has 2 fully saturated rings. The molecule has 2 heteroatoms. The molecule has 2 N–H and O–H groups in total. The number of hydrogen-bond acceptors (Lipinski definition) is 2. The first-order valence-electron chi connectivity index (χ1n) is 4.32. The third kappa shape index (κ3) is 0.810. The Balaban J connectivity index is 2.26. The van der Waals surface area contributed by atoms with Crippen LogP contribution in [0.25, 0.3) is 0 Å². The van der Waals surface area contributed by atoms with E-state index in [1.165, 1.54) is 6.42 Å². The summed E-state index contributed by atoms with van der Waals surface area (Å²) in [5.74, 6) is 1.23. The van der Waals surface area contributed by atoms with Crippen LogP contribution in [0.3, 0.4) is 0 Å². The van der Waals surface area contributed by atoms with Crippen LogP contribution in [0, 0.1) is 28.6 Å². The molecule has 0 amide bonds. The summed E-state index contributed by atoms with van der Waals surface area (Å²) in [4.78, 5) is 0. The fourth-order valence-corrected chi connectivity index (χ4v) is 2.96. The first-order valence-corrected chi connectivity index (χ1v) is 4.32. The molecule has 0 aliphatic heterocycles. The molecule has 0 heterocycles. The molecule has 0 aromatic carbocycles. The van der Waals surface area contributed by atoms with Gasteiger partial charge in [0.2, 0.25) is 0 Å². The summed E-state index contributed by atoms with van der Waals surface area (Å²) in [7, 11) is 0. The maximum Gasteiger partial charge on any atom is 0.0690 e. The zero-order valence-electron chi connectivity index (χ0n) is 6.88. The van der Waals surface area contributed by atoms with Gasteiger partial charge in [-0.15, -0.1) is 0 Å². The van der Waals surface area contributed by atoms with Gasteiger partial charge in [0.1, 0.15) is 0 Å². The molecule has 4 atom stereocenters. The topological polar surface area (TPSA) is 49.8 Å². The van der Waals surface area contributed by atoms with Gasteiger partial charge in [-0.25, -0.2) is 0 Å². The van der Waals surface area contributed by atoms with E-state index in [9.17, 15) is 0 Å². The summed E-state index contributed by atoms with van der Waals surface area (Å²) < 4.78 is 0. The first kappa shape index (κ1) is 7.12. The lowest BCUT2D eigenvalue weighted by Gasteiger charge is -2.30. The average Bonchev–Trinajstić information content (AvgIpc) is 2.44. The van der Waals surface area contributed by atoms with Crippen LogP contribution in [0.4, 0.5) is 0 Å². The largest absolute Gasteiger partial charge is 0.327 e. The molecule has 11 heavy (non-hydrogen) atoms. The molecule has 0 aromatic heterocycles. The number of fused-ring (bicyclic) bond motifs is 2. The molecule has 2 saturated carbocycles. The van der Waals surface area contributed by atoms with E-state index in [2.05, 4.69) is 13.0 Å². The minimum atomic E-state index is -0.0949. The van der Waals surface area contributed by atoms with Gasteiger partial charge in [-0.3, -0.25) is 0 Å². The number of nitrogens with zero attached hydrogens (tertiary/aromatic N) is 1. The molecule has 2 aliphatic carbocycles. The highest BCUT2D eigenvalue weighted by Crippen LogP contribution is 2.54. The lowest BCUT2D eigenvalue weighted by Crippen LogP contribution is -2.37. The van der Waals surface area contributed by atoms with Crippen LogP contribution < -0.4 is 5.73 Å². The van der Waals surface area contributed by atoms with Crippen molar-refractivity contribution in [1.82, 2.24) is 0 Å². The average molecular weight is 150 g/mol. The Bertz CT molecular complexity index is 218.